The van der Waals surface area contributed by atoms with Crippen molar-refractivity contribution in [1.82, 2.24) is 20.9 Å². The van der Waals surface area contributed by atoms with Crippen molar-refractivity contribution in [2.24, 2.45) is 17.8 Å². The minimum atomic E-state index is -5.13. The smallest absolute Gasteiger partial charge is 0.356 e. The molecule has 3 N–H and O–H groups in total. The van der Waals surface area contributed by atoms with Gasteiger partial charge in [0.05, 0.1) is 6.04 Å². The summed E-state index contributed by atoms with van der Waals surface area (Å²) in [5.41, 5.74) is -0.815. The summed E-state index contributed by atoms with van der Waals surface area (Å²) in [6, 6.07) is -3.19. The SMILES string of the molecule is CC(C)(C)NC(=O)C(=O)N1CC2CC(F)(F)CC2[C@H]1C(=O)NC(CC1CCNC1=O)C(=O)COC(F)(F)F. The number of halogens is 5. The second kappa shape index (κ2) is 10.7. The largest absolute Gasteiger partial charge is 0.522 e. The average Bonchev–Trinajstić information content (AvgIpc) is 3.40. The number of ether oxygens (including phenoxy) is 1. The second-order valence-corrected chi connectivity index (χ2v) is 11.1. The summed E-state index contributed by atoms with van der Waals surface area (Å²) in [5.74, 6) is -10.7. The lowest BCUT2D eigenvalue weighted by Crippen LogP contribution is -2.57. The number of hydrogen-bond acceptors (Lipinski definition) is 6. The van der Waals surface area contributed by atoms with Gasteiger partial charge in [0.25, 0.3) is 0 Å². The van der Waals surface area contributed by atoms with Crippen LogP contribution in [0.2, 0.25) is 0 Å². The van der Waals surface area contributed by atoms with E-state index in [0.29, 0.717) is 0 Å². The van der Waals surface area contributed by atoms with E-state index in [1.807, 2.05) is 0 Å². The molecular formula is C23H31F5N4O6. The van der Waals surface area contributed by atoms with Gasteiger partial charge in [-0.15, -0.1) is 13.2 Å². The molecule has 0 spiro atoms. The maximum atomic E-state index is 14.2. The summed E-state index contributed by atoms with van der Waals surface area (Å²) in [4.78, 5) is 64.4. The predicted molar refractivity (Wildman–Crippen MR) is 119 cm³/mol. The number of rotatable bonds is 7. The van der Waals surface area contributed by atoms with E-state index in [9.17, 15) is 45.9 Å². The zero-order chi connectivity index (χ0) is 28.6. The van der Waals surface area contributed by atoms with Crippen LogP contribution in [0.15, 0.2) is 0 Å². The number of nitrogens with one attached hydrogen (secondary N) is 3. The number of likely N-dealkylation sites (tertiary alicyclic amines) is 1. The minimum Gasteiger partial charge on any atom is -0.356 e. The Balaban J connectivity index is 1.84. The van der Waals surface area contributed by atoms with Gasteiger partial charge >= 0.3 is 18.2 Å². The lowest BCUT2D eigenvalue weighted by atomic mass is 9.92. The molecule has 38 heavy (non-hydrogen) atoms. The van der Waals surface area contributed by atoms with Gasteiger partial charge in [0.1, 0.15) is 12.6 Å². The van der Waals surface area contributed by atoms with Crippen LogP contribution in [0, 0.1) is 17.8 Å². The number of ketones is 1. The number of carbonyl (C=O) groups excluding carboxylic acids is 5. The van der Waals surface area contributed by atoms with E-state index in [-0.39, 0.29) is 25.9 Å². The lowest BCUT2D eigenvalue weighted by Gasteiger charge is -2.30. The van der Waals surface area contributed by atoms with Gasteiger partial charge in [-0.05, 0) is 45.4 Å². The molecule has 3 aliphatic rings. The second-order valence-electron chi connectivity index (χ2n) is 11.1. The quantitative estimate of drug-likeness (QED) is 0.316. The average molecular weight is 555 g/mol. The molecule has 214 valence electrons. The summed E-state index contributed by atoms with van der Waals surface area (Å²) < 4.78 is 69.6. The molecule has 2 saturated heterocycles. The molecule has 2 aliphatic heterocycles. The molecule has 0 aromatic rings. The van der Waals surface area contributed by atoms with Crippen LogP contribution >= 0.6 is 0 Å². The Hall–Kier alpha value is -2.84. The van der Waals surface area contributed by atoms with Crippen molar-refractivity contribution in [1.29, 1.82) is 0 Å². The van der Waals surface area contributed by atoms with Crippen LogP contribution < -0.4 is 16.0 Å². The molecule has 5 atom stereocenters. The summed E-state index contributed by atoms with van der Waals surface area (Å²) in [5, 5.41) is 7.23. The minimum absolute atomic E-state index is 0.260. The van der Waals surface area contributed by atoms with Gasteiger partial charge in [-0.2, -0.15) is 0 Å². The van der Waals surface area contributed by atoms with Crippen molar-refractivity contribution in [3.8, 4) is 0 Å². The van der Waals surface area contributed by atoms with Crippen LogP contribution in [0.4, 0.5) is 22.0 Å². The molecule has 0 aromatic carbocycles. The lowest BCUT2D eigenvalue weighted by molar-refractivity contribution is -0.321. The molecule has 0 aromatic heterocycles. The summed E-state index contributed by atoms with van der Waals surface area (Å²) in [6.07, 6.45) is -6.59. The fourth-order valence-electron chi connectivity index (χ4n) is 5.30. The van der Waals surface area contributed by atoms with Crippen molar-refractivity contribution in [2.45, 2.75) is 76.4 Å². The molecule has 0 radical (unpaired) electrons. The molecule has 15 heteroatoms. The Morgan fingerprint density at radius 2 is 1.82 bits per heavy atom. The van der Waals surface area contributed by atoms with Gasteiger partial charge in [-0.1, -0.05) is 0 Å². The maximum absolute atomic E-state index is 14.2. The fourth-order valence-corrected chi connectivity index (χ4v) is 5.30. The highest BCUT2D eigenvalue weighted by Gasteiger charge is 2.58. The summed E-state index contributed by atoms with van der Waals surface area (Å²) in [6.45, 7) is 3.34. The third kappa shape index (κ3) is 7.38. The number of amides is 4. The Morgan fingerprint density at radius 1 is 1.16 bits per heavy atom. The Kier molecular flexibility index (Phi) is 8.39. The van der Waals surface area contributed by atoms with Gasteiger partial charge in [0, 0.05) is 37.4 Å². The Bertz CT molecular complexity index is 982. The summed E-state index contributed by atoms with van der Waals surface area (Å²) >= 11 is 0. The molecule has 3 fully saturated rings. The number of alkyl halides is 5. The van der Waals surface area contributed by atoms with E-state index in [1.54, 1.807) is 20.8 Å². The molecular weight excluding hydrogens is 523 g/mol. The van der Waals surface area contributed by atoms with Crippen LogP contribution in [0.5, 0.6) is 0 Å². The fraction of sp³-hybridized carbons (Fsp3) is 0.783. The van der Waals surface area contributed by atoms with Crippen LogP contribution in [-0.4, -0.2) is 83.9 Å². The van der Waals surface area contributed by atoms with Gasteiger partial charge in [0.15, 0.2) is 5.78 Å². The van der Waals surface area contributed by atoms with E-state index in [2.05, 4.69) is 20.7 Å². The molecule has 4 unspecified atom stereocenters. The normalized spacial score (nSPS) is 27.5. The maximum Gasteiger partial charge on any atom is 0.522 e. The number of carbonyl (C=O) groups is 5. The molecule has 10 nitrogen and oxygen atoms in total. The number of Topliss-reactive ketones (excluding diaryl/α,β-unsaturated/α-hetero) is 1. The van der Waals surface area contributed by atoms with Crippen molar-refractivity contribution in [3.05, 3.63) is 0 Å². The molecule has 3 rings (SSSR count). The third-order valence-electron chi connectivity index (χ3n) is 6.85. The standard InChI is InChI=1S/C23H31F5N4O6/c1-21(2,3)31-19(36)20(37)32-9-12-7-22(24,25)8-13(12)16(32)18(35)30-14(6-11-4-5-29-17(11)34)15(33)10-38-23(26,27)28/h11-14,16H,4-10H2,1-3H3,(H,29,34)(H,30,35)(H,31,36)/t11?,12?,13?,14?,16-/m0/s1. The first kappa shape index (κ1) is 29.7. The van der Waals surface area contributed by atoms with E-state index in [1.165, 1.54) is 0 Å². The number of nitrogens with zero attached hydrogens (tertiary/aromatic N) is 1. The predicted octanol–water partition coefficient (Wildman–Crippen LogP) is 0.890. The Labute approximate surface area is 215 Å². The highest BCUT2D eigenvalue weighted by molar-refractivity contribution is 6.35. The van der Waals surface area contributed by atoms with E-state index in [0.717, 1.165) is 4.90 Å². The van der Waals surface area contributed by atoms with Gasteiger partial charge in [-0.3, -0.25) is 28.7 Å². The first-order valence-electron chi connectivity index (χ1n) is 12.2. The molecule has 1 aliphatic carbocycles. The molecule has 1 saturated carbocycles. The number of fused-ring (bicyclic) bond motifs is 1. The van der Waals surface area contributed by atoms with Crippen molar-refractivity contribution in [3.63, 3.8) is 0 Å². The van der Waals surface area contributed by atoms with Crippen molar-refractivity contribution >= 4 is 29.4 Å². The van der Waals surface area contributed by atoms with Crippen LogP contribution in [-0.2, 0) is 28.7 Å². The topological polar surface area (TPSA) is 134 Å². The monoisotopic (exact) mass is 554 g/mol. The molecule has 0 bridgehead atoms. The van der Waals surface area contributed by atoms with Gasteiger partial charge in [-0.25, -0.2) is 8.78 Å². The zero-order valence-corrected chi connectivity index (χ0v) is 21.1. The van der Waals surface area contributed by atoms with Gasteiger partial charge < -0.3 is 20.9 Å². The van der Waals surface area contributed by atoms with Crippen molar-refractivity contribution < 1.29 is 50.7 Å². The zero-order valence-electron chi connectivity index (χ0n) is 21.1. The number of hydrogen-bond donors (Lipinski definition) is 3. The first-order valence-corrected chi connectivity index (χ1v) is 12.2. The Morgan fingerprint density at radius 3 is 2.37 bits per heavy atom. The highest BCUT2D eigenvalue weighted by atomic mass is 19.4. The van der Waals surface area contributed by atoms with Crippen LogP contribution in [0.3, 0.4) is 0 Å². The first-order chi connectivity index (χ1) is 17.4. The highest BCUT2D eigenvalue weighted by Crippen LogP contribution is 2.49. The summed E-state index contributed by atoms with van der Waals surface area (Å²) in [7, 11) is 0. The van der Waals surface area contributed by atoms with E-state index >= 15 is 0 Å². The molecule has 4 amide bonds. The van der Waals surface area contributed by atoms with Crippen molar-refractivity contribution in [2.75, 3.05) is 19.7 Å². The third-order valence-corrected chi connectivity index (χ3v) is 6.85. The van der Waals surface area contributed by atoms with Crippen LogP contribution in [0.25, 0.3) is 0 Å². The van der Waals surface area contributed by atoms with Gasteiger partial charge in [0.2, 0.25) is 17.7 Å². The molecule has 2 heterocycles. The van der Waals surface area contributed by atoms with E-state index in [4.69, 9.17) is 0 Å². The van der Waals surface area contributed by atoms with Crippen LogP contribution in [0.1, 0.15) is 46.5 Å². The van der Waals surface area contributed by atoms with E-state index < -0.39 is 96.5 Å².